The van der Waals surface area contributed by atoms with E-state index in [-0.39, 0.29) is 16.8 Å². The van der Waals surface area contributed by atoms with Crippen LogP contribution in [-0.4, -0.2) is 33.5 Å². The Morgan fingerprint density at radius 2 is 1.97 bits per heavy atom. The Morgan fingerprint density at radius 3 is 2.67 bits per heavy atom. The number of esters is 1. The standard InChI is InChI=1S/C24H25FN4O4/c1-33-24(32)16-7-10-21(26-13-16)28-22(30)20(11-15-5-3-2-4-6-15)29-14-27-19-9-8-17(25)12-18(19)23(29)31/h7-10,12-15,20H,2-6,11H2,1H3,(H,26,28,30)/t20-/m0/s1. The predicted octanol–water partition coefficient (Wildman–Crippen LogP) is 3.87. The molecule has 1 saturated carbocycles. The molecule has 1 aromatic carbocycles. The van der Waals surface area contributed by atoms with Crippen LogP contribution >= 0.6 is 0 Å². The van der Waals surface area contributed by atoms with Gasteiger partial charge in [-0.3, -0.25) is 14.2 Å². The molecule has 1 N–H and O–H groups in total. The topological polar surface area (TPSA) is 103 Å². The van der Waals surface area contributed by atoms with E-state index in [0.717, 1.165) is 31.7 Å². The molecule has 2 aromatic heterocycles. The number of hydrogen-bond donors (Lipinski definition) is 1. The number of carbonyl (C=O) groups excluding carboxylic acids is 2. The Kier molecular flexibility index (Phi) is 6.76. The summed E-state index contributed by atoms with van der Waals surface area (Å²) in [7, 11) is 1.27. The quantitative estimate of drug-likeness (QED) is 0.570. The van der Waals surface area contributed by atoms with Crippen LogP contribution in [0.1, 0.15) is 54.9 Å². The minimum absolute atomic E-state index is 0.125. The number of aromatic nitrogens is 3. The van der Waals surface area contributed by atoms with Gasteiger partial charge in [-0.1, -0.05) is 32.1 Å². The van der Waals surface area contributed by atoms with Crippen molar-refractivity contribution in [2.45, 2.75) is 44.6 Å². The van der Waals surface area contributed by atoms with Crippen LogP contribution in [0.15, 0.2) is 47.7 Å². The van der Waals surface area contributed by atoms with Gasteiger partial charge in [0.1, 0.15) is 17.7 Å². The van der Waals surface area contributed by atoms with Gasteiger partial charge in [0.2, 0.25) is 5.91 Å². The number of anilines is 1. The van der Waals surface area contributed by atoms with Crippen molar-refractivity contribution in [1.82, 2.24) is 14.5 Å². The molecule has 172 valence electrons. The number of benzene rings is 1. The van der Waals surface area contributed by atoms with Crippen molar-refractivity contribution in [3.05, 3.63) is 64.6 Å². The third kappa shape index (κ3) is 5.08. The summed E-state index contributed by atoms with van der Waals surface area (Å²) in [6, 6.07) is 6.00. The molecular weight excluding hydrogens is 427 g/mol. The molecule has 0 bridgehead atoms. The van der Waals surface area contributed by atoms with E-state index >= 15 is 0 Å². The highest BCUT2D eigenvalue weighted by atomic mass is 19.1. The van der Waals surface area contributed by atoms with Gasteiger partial charge in [-0.05, 0) is 42.7 Å². The Balaban J connectivity index is 1.65. The Bertz CT molecular complexity index is 1220. The summed E-state index contributed by atoms with van der Waals surface area (Å²) in [6.07, 6.45) is 8.44. The summed E-state index contributed by atoms with van der Waals surface area (Å²) in [5.41, 5.74) is 0.158. The van der Waals surface area contributed by atoms with Crippen molar-refractivity contribution < 1.29 is 18.7 Å². The van der Waals surface area contributed by atoms with Gasteiger partial charge in [0.05, 0.1) is 29.9 Å². The van der Waals surface area contributed by atoms with E-state index in [1.165, 1.54) is 54.9 Å². The number of nitrogens with zero attached hydrogens (tertiary/aromatic N) is 3. The molecule has 1 aliphatic rings. The maximum absolute atomic E-state index is 13.8. The van der Waals surface area contributed by atoms with Crippen LogP contribution in [0.5, 0.6) is 0 Å². The van der Waals surface area contributed by atoms with E-state index in [9.17, 15) is 18.8 Å². The average Bonchev–Trinajstić information content (AvgIpc) is 2.84. The first-order chi connectivity index (χ1) is 16.0. The van der Waals surface area contributed by atoms with Gasteiger partial charge >= 0.3 is 5.97 Å². The number of amides is 1. The lowest BCUT2D eigenvalue weighted by Gasteiger charge is -2.27. The van der Waals surface area contributed by atoms with Crippen molar-refractivity contribution >= 4 is 28.6 Å². The van der Waals surface area contributed by atoms with Crippen LogP contribution in [0.4, 0.5) is 10.2 Å². The molecule has 2 heterocycles. The lowest BCUT2D eigenvalue weighted by atomic mass is 9.84. The minimum Gasteiger partial charge on any atom is -0.465 e. The van der Waals surface area contributed by atoms with Crippen molar-refractivity contribution in [3.63, 3.8) is 0 Å². The van der Waals surface area contributed by atoms with Crippen LogP contribution in [-0.2, 0) is 9.53 Å². The summed E-state index contributed by atoms with van der Waals surface area (Å²) >= 11 is 0. The summed E-state index contributed by atoms with van der Waals surface area (Å²) in [5.74, 6) is -0.953. The second kappa shape index (κ2) is 9.89. The molecule has 0 spiro atoms. The van der Waals surface area contributed by atoms with Gasteiger partial charge in [-0.2, -0.15) is 0 Å². The number of halogens is 1. The molecule has 0 aliphatic heterocycles. The smallest absolute Gasteiger partial charge is 0.339 e. The minimum atomic E-state index is -0.831. The van der Waals surface area contributed by atoms with E-state index in [4.69, 9.17) is 0 Å². The van der Waals surface area contributed by atoms with E-state index in [2.05, 4.69) is 20.0 Å². The fourth-order valence-electron chi connectivity index (χ4n) is 4.33. The third-order valence-electron chi connectivity index (χ3n) is 6.10. The number of ether oxygens (including phenoxy) is 1. The lowest BCUT2D eigenvalue weighted by molar-refractivity contribution is -0.120. The Morgan fingerprint density at radius 1 is 1.18 bits per heavy atom. The lowest BCUT2D eigenvalue weighted by Crippen LogP contribution is -2.35. The molecule has 1 amide bonds. The fourth-order valence-corrected chi connectivity index (χ4v) is 4.33. The maximum Gasteiger partial charge on any atom is 0.339 e. The van der Waals surface area contributed by atoms with Crippen LogP contribution < -0.4 is 10.9 Å². The van der Waals surface area contributed by atoms with E-state index in [1.54, 1.807) is 0 Å². The molecule has 0 unspecified atom stereocenters. The largest absolute Gasteiger partial charge is 0.465 e. The highest BCUT2D eigenvalue weighted by Gasteiger charge is 2.28. The molecule has 0 radical (unpaired) electrons. The van der Waals surface area contributed by atoms with Gasteiger partial charge in [0.15, 0.2) is 0 Å². The number of methoxy groups -OCH3 is 1. The van der Waals surface area contributed by atoms with E-state index in [1.807, 2.05) is 0 Å². The first kappa shape index (κ1) is 22.6. The number of rotatable bonds is 6. The van der Waals surface area contributed by atoms with Gasteiger partial charge < -0.3 is 10.1 Å². The third-order valence-corrected chi connectivity index (χ3v) is 6.10. The summed E-state index contributed by atoms with van der Waals surface area (Å²) < 4.78 is 19.7. The molecule has 1 atom stereocenters. The molecular formula is C24H25FN4O4. The molecule has 0 saturated heterocycles. The molecule has 33 heavy (non-hydrogen) atoms. The molecule has 4 rings (SSSR count). The van der Waals surface area contributed by atoms with Gasteiger partial charge in [0.25, 0.3) is 5.56 Å². The number of nitrogens with one attached hydrogen (secondary N) is 1. The Labute approximate surface area is 189 Å². The molecule has 1 aliphatic carbocycles. The van der Waals surface area contributed by atoms with Crippen molar-refractivity contribution in [2.75, 3.05) is 12.4 Å². The summed E-state index contributed by atoms with van der Waals surface area (Å²) in [5, 5.41) is 2.86. The van der Waals surface area contributed by atoms with Crippen molar-refractivity contribution in [3.8, 4) is 0 Å². The number of carbonyl (C=O) groups is 2. The van der Waals surface area contributed by atoms with Crippen LogP contribution in [0.25, 0.3) is 10.9 Å². The van der Waals surface area contributed by atoms with Crippen molar-refractivity contribution in [2.24, 2.45) is 5.92 Å². The fraction of sp³-hybridized carbons (Fsp3) is 0.375. The zero-order valence-electron chi connectivity index (χ0n) is 18.3. The van der Waals surface area contributed by atoms with E-state index in [0.29, 0.717) is 17.9 Å². The second-order valence-electron chi connectivity index (χ2n) is 8.29. The summed E-state index contributed by atoms with van der Waals surface area (Å²) in [6.45, 7) is 0. The van der Waals surface area contributed by atoms with E-state index < -0.39 is 29.3 Å². The van der Waals surface area contributed by atoms with Crippen LogP contribution in [0.2, 0.25) is 0 Å². The highest BCUT2D eigenvalue weighted by Crippen LogP contribution is 2.31. The molecule has 1 fully saturated rings. The first-order valence-electron chi connectivity index (χ1n) is 11.0. The normalized spacial score (nSPS) is 15.2. The van der Waals surface area contributed by atoms with Gasteiger partial charge in [0, 0.05) is 6.20 Å². The van der Waals surface area contributed by atoms with Gasteiger partial charge in [-0.15, -0.1) is 0 Å². The highest BCUT2D eigenvalue weighted by molar-refractivity contribution is 5.94. The number of hydrogen-bond acceptors (Lipinski definition) is 6. The van der Waals surface area contributed by atoms with Crippen LogP contribution in [0.3, 0.4) is 0 Å². The SMILES string of the molecule is COC(=O)c1ccc(NC(=O)[C@H](CC2CCCCC2)n2cnc3ccc(F)cc3c2=O)nc1. The first-order valence-corrected chi connectivity index (χ1v) is 11.0. The molecule has 8 nitrogen and oxygen atoms in total. The number of pyridine rings is 1. The maximum atomic E-state index is 13.8. The number of fused-ring (bicyclic) bond motifs is 1. The predicted molar refractivity (Wildman–Crippen MR) is 120 cm³/mol. The van der Waals surface area contributed by atoms with Crippen molar-refractivity contribution in [1.29, 1.82) is 0 Å². The van der Waals surface area contributed by atoms with Crippen LogP contribution in [0, 0.1) is 11.7 Å². The van der Waals surface area contributed by atoms with Gasteiger partial charge in [-0.25, -0.2) is 19.2 Å². The Hall–Kier alpha value is -3.62. The zero-order chi connectivity index (χ0) is 23.4. The zero-order valence-corrected chi connectivity index (χ0v) is 18.3. The molecule has 3 aromatic rings. The monoisotopic (exact) mass is 452 g/mol. The molecule has 9 heteroatoms. The second-order valence-corrected chi connectivity index (χ2v) is 8.29. The summed E-state index contributed by atoms with van der Waals surface area (Å²) in [4.78, 5) is 46.5. The average molecular weight is 452 g/mol.